The van der Waals surface area contributed by atoms with Gasteiger partial charge in [0, 0.05) is 4.47 Å². The van der Waals surface area contributed by atoms with Gasteiger partial charge in [-0.15, -0.1) is 11.3 Å². The highest BCUT2D eigenvalue weighted by atomic mass is 79.9. The maximum atomic E-state index is 13.7. The summed E-state index contributed by atoms with van der Waals surface area (Å²) in [7, 11) is 0. The summed E-state index contributed by atoms with van der Waals surface area (Å²) in [6, 6.07) is 4.03. The van der Waals surface area contributed by atoms with E-state index in [1.54, 1.807) is 11.4 Å². The number of aromatic nitrogens is 2. The summed E-state index contributed by atoms with van der Waals surface area (Å²) in [5.74, 6) is -1.13. The van der Waals surface area contributed by atoms with Gasteiger partial charge in [0.2, 0.25) is 0 Å². The monoisotopic (exact) mass is 371 g/mol. The van der Waals surface area contributed by atoms with Gasteiger partial charge >= 0.3 is 0 Å². The Morgan fingerprint density at radius 2 is 2.05 bits per heavy atom. The van der Waals surface area contributed by atoms with Crippen molar-refractivity contribution in [3.8, 4) is 0 Å². The van der Waals surface area contributed by atoms with Gasteiger partial charge in [-0.1, -0.05) is 15.9 Å². The smallest absolute Gasteiger partial charge is 0.268 e. The van der Waals surface area contributed by atoms with E-state index in [9.17, 15) is 13.6 Å². The summed E-state index contributed by atoms with van der Waals surface area (Å²) >= 11 is 4.30. The van der Waals surface area contributed by atoms with E-state index in [1.165, 1.54) is 11.3 Å². The minimum atomic E-state index is -0.721. The largest absolute Gasteiger partial charge is 0.373 e. The third-order valence-electron chi connectivity index (χ3n) is 2.80. The first-order valence-corrected chi connectivity index (χ1v) is 7.56. The van der Waals surface area contributed by atoms with E-state index >= 15 is 0 Å². The molecule has 2 aromatic heterocycles. The number of nitrogens with one attached hydrogen (secondary N) is 2. The molecule has 0 unspecified atom stereocenters. The van der Waals surface area contributed by atoms with Crippen molar-refractivity contribution >= 4 is 43.2 Å². The van der Waals surface area contributed by atoms with Crippen LogP contribution in [0.1, 0.15) is 5.82 Å². The van der Waals surface area contributed by atoms with E-state index in [1.807, 2.05) is 0 Å². The second kappa shape index (κ2) is 5.53. The molecule has 2 N–H and O–H groups in total. The summed E-state index contributed by atoms with van der Waals surface area (Å²) in [6.45, 7) is 0.0104. The van der Waals surface area contributed by atoms with Crippen LogP contribution in [0.25, 0.3) is 10.2 Å². The Morgan fingerprint density at radius 3 is 2.76 bits per heavy atom. The predicted molar refractivity (Wildman–Crippen MR) is 81.6 cm³/mol. The number of hydrogen-bond donors (Lipinski definition) is 2. The maximum absolute atomic E-state index is 13.7. The fourth-order valence-electron chi connectivity index (χ4n) is 1.89. The van der Waals surface area contributed by atoms with Crippen molar-refractivity contribution in [2.75, 3.05) is 5.32 Å². The first-order chi connectivity index (χ1) is 10.0. The Balaban J connectivity index is 1.88. The maximum Gasteiger partial charge on any atom is 0.268 e. The second-order valence-corrected chi connectivity index (χ2v) is 6.08. The highest BCUT2D eigenvalue weighted by Crippen LogP contribution is 2.24. The van der Waals surface area contributed by atoms with E-state index < -0.39 is 11.6 Å². The molecule has 1 aromatic carbocycles. The SMILES string of the molecule is O=c1[nH]c(CNc2c(F)cc(Br)cc2F)nc2ccsc12. The Kier molecular flexibility index (Phi) is 3.73. The van der Waals surface area contributed by atoms with Crippen LogP contribution in [0.15, 0.2) is 32.8 Å². The van der Waals surface area contributed by atoms with E-state index in [-0.39, 0.29) is 17.8 Å². The summed E-state index contributed by atoms with van der Waals surface area (Å²) in [6.07, 6.45) is 0. The zero-order valence-electron chi connectivity index (χ0n) is 10.4. The van der Waals surface area contributed by atoms with Crippen LogP contribution in [-0.2, 0) is 6.54 Å². The Bertz CT molecular complexity index is 854. The van der Waals surface area contributed by atoms with Gasteiger partial charge in [0.25, 0.3) is 5.56 Å². The van der Waals surface area contributed by atoms with Crippen molar-refractivity contribution < 1.29 is 8.78 Å². The molecule has 0 fully saturated rings. The van der Waals surface area contributed by atoms with Crippen molar-refractivity contribution in [2.24, 2.45) is 0 Å². The molecule has 0 bridgehead atoms. The first kappa shape index (κ1) is 14.2. The molecule has 0 saturated heterocycles. The molecule has 3 aromatic rings. The number of nitrogens with zero attached hydrogens (tertiary/aromatic N) is 1. The standard InChI is InChI=1S/C13H8BrF2N3OS/c14-6-3-7(15)11(8(16)4-6)17-5-10-18-9-1-2-21-12(9)13(20)19-10/h1-4,17H,5H2,(H,18,19,20). The molecular weight excluding hydrogens is 364 g/mol. The van der Waals surface area contributed by atoms with Gasteiger partial charge in [-0.2, -0.15) is 0 Å². The summed E-state index contributed by atoms with van der Waals surface area (Å²) in [5.41, 5.74) is 0.0483. The van der Waals surface area contributed by atoms with Gasteiger partial charge < -0.3 is 10.3 Å². The average molecular weight is 372 g/mol. The van der Waals surface area contributed by atoms with Gasteiger partial charge in [-0.25, -0.2) is 13.8 Å². The lowest BCUT2D eigenvalue weighted by Gasteiger charge is -2.08. The van der Waals surface area contributed by atoms with Crippen LogP contribution in [0.2, 0.25) is 0 Å². The molecule has 3 rings (SSSR count). The zero-order valence-corrected chi connectivity index (χ0v) is 12.8. The molecule has 0 amide bonds. The van der Waals surface area contributed by atoms with Crippen LogP contribution in [-0.4, -0.2) is 9.97 Å². The van der Waals surface area contributed by atoms with E-state index in [0.717, 1.165) is 12.1 Å². The lowest BCUT2D eigenvalue weighted by Crippen LogP contribution is -2.14. The molecule has 21 heavy (non-hydrogen) atoms. The molecule has 0 aliphatic carbocycles. The molecule has 0 atom stereocenters. The van der Waals surface area contributed by atoms with Gasteiger partial charge in [0.15, 0.2) is 0 Å². The summed E-state index contributed by atoms with van der Waals surface area (Å²) in [4.78, 5) is 18.6. The number of anilines is 1. The van der Waals surface area contributed by atoms with Gasteiger partial charge in [-0.3, -0.25) is 4.79 Å². The van der Waals surface area contributed by atoms with Crippen molar-refractivity contribution in [1.82, 2.24) is 9.97 Å². The Hall–Kier alpha value is -1.80. The van der Waals surface area contributed by atoms with Crippen LogP contribution >= 0.6 is 27.3 Å². The highest BCUT2D eigenvalue weighted by Gasteiger charge is 2.11. The fraction of sp³-hybridized carbons (Fsp3) is 0.0769. The number of rotatable bonds is 3. The second-order valence-electron chi connectivity index (χ2n) is 4.25. The van der Waals surface area contributed by atoms with Crippen LogP contribution in [0.4, 0.5) is 14.5 Å². The number of benzene rings is 1. The highest BCUT2D eigenvalue weighted by molar-refractivity contribution is 9.10. The molecule has 4 nitrogen and oxygen atoms in total. The third kappa shape index (κ3) is 2.81. The number of fused-ring (bicyclic) bond motifs is 1. The van der Waals surface area contributed by atoms with Crippen molar-refractivity contribution in [3.63, 3.8) is 0 Å². The Labute approximate surface area is 130 Å². The number of H-pyrrole nitrogens is 1. The molecule has 8 heteroatoms. The molecule has 108 valence electrons. The first-order valence-electron chi connectivity index (χ1n) is 5.89. The number of thiophene rings is 1. The number of hydrogen-bond acceptors (Lipinski definition) is 4. The minimum Gasteiger partial charge on any atom is -0.373 e. The molecule has 2 heterocycles. The third-order valence-corrected chi connectivity index (χ3v) is 4.16. The molecular formula is C13H8BrF2N3OS. The van der Waals surface area contributed by atoms with E-state index in [4.69, 9.17) is 0 Å². The quantitative estimate of drug-likeness (QED) is 0.738. The number of halogens is 3. The van der Waals surface area contributed by atoms with Crippen LogP contribution < -0.4 is 10.9 Å². The van der Waals surface area contributed by atoms with Crippen LogP contribution in [0, 0.1) is 11.6 Å². The summed E-state index contributed by atoms with van der Waals surface area (Å²) in [5, 5.41) is 4.37. The topological polar surface area (TPSA) is 57.8 Å². The Morgan fingerprint density at radius 1 is 1.33 bits per heavy atom. The lowest BCUT2D eigenvalue weighted by molar-refractivity contribution is 0.586. The van der Waals surface area contributed by atoms with E-state index in [2.05, 4.69) is 31.2 Å². The number of aromatic amines is 1. The zero-order chi connectivity index (χ0) is 15.0. The molecule has 0 spiro atoms. The average Bonchev–Trinajstić information content (AvgIpc) is 2.86. The summed E-state index contributed by atoms with van der Waals surface area (Å²) < 4.78 is 28.2. The predicted octanol–water partition coefficient (Wildman–Crippen LogP) is 3.64. The van der Waals surface area contributed by atoms with Gasteiger partial charge in [0.1, 0.15) is 27.8 Å². The van der Waals surface area contributed by atoms with Crippen LogP contribution in [0.5, 0.6) is 0 Å². The van der Waals surface area contributed by atoms with Gasteiger partial charge in [0.05, 0.1) is 12.1 Å². The van der Waals surface area contributed by atoms with Crippen molar-refractivity contribution in [2.45, 2.75) is 6.54 Å². The van der Waals surface area contributed by atoms with Crippen molar-refractivity contribution in [3.05, 3.63) is 55.9 Å². The molecule has 0 aliphatic heterocycles. The van der Waals surface area contributed by atoms with E-state index in [0.29, 0.717) is 20.5 Å². The molecule has 0 aliphatic rings. The van der Waals surface area contributed by atoms with Crippen molar-refractivity contribution in [1.29, 1.82) is 0 Å². The normalized spacial score (nSPS) is 11.0. The van der Waals surface area contributed by atoms with Crippen LogP contribution in [0.3, 0.4) is 0 Å². The van der Waals surface area contributed by atoms with Gasteiger partial charge in [-0.05, 0) is 23.6 Å². The molecule has 0 saturated carbocycles. The minimum absolute atomic E-state index is 0.0104. The lowest BCUT2D eigenvalue weighted by atomic mass is 10.3. The molecule has 0 radical (unpaired) electrons. The fourth-order valence-corrected chi connectivity index (χ4v) is 3.02.